The van der Waals surface area contributed by atoms with E-state index in [2.05, 4.69) is 15.3 Å². The second-order valence-electron chi connectivity index (χ2n) is 5.50. The summed E-state index contributed by atoms with van der Waals surface area (Å²) in [5.41, 5.74) is 2.93. The molecule has 21 heavy (non-hydrogen) atoms. The summed E-state index contributed by atoms with van der Waals surface area (Å²) in [6.45, 7) is 6.04. The lowest BCUT2D eigenvalue weighted by atomic mass is 10.1. The number of hydrogen-bond acceptors (Lipinski definition) is 6. The number of sulfone groups is 1. The summed E-state index contributed by atoms with van der Waals surface area (Å²) in [5.74, 6) is 1.05. The Hall–Kier alpha value is -1.05. The molecule has 1 aromatic rings. The van der Waals surface area contributed by atoms with Crippen molar-refractivity contribution in [2.75, 3.05) is 31.8 Å². The summed E-state index contributed by atoms with van der Waals surface area (Å²) >= 11 is 0. The second-order valence-corrected chi connectivity index (χ2v) is 7.73. The van der Waals surface area contributed by atoms with Gasteiger partial charge in [0.15, 0.2) is 9.84 Å². The van der Waals surface area contributed by atoms with Crippen LogP contribution in [0.1, 0.15) is 35.1 Å². The van der Waals surface area contributed by atoms with Crippen LogP contribution in [0.25, 0.3) is 0 Å². The van der Waals surface area contributed by atoms with E-state index in [1.807, 2.05) is 13.8 Å². The van der Waals surface area contributed by atoms with E-state index < -0.39 is 9.84 Å². The highest BCUT2D eigenvalue weighted by Gasteiger charge is 2.31. The van der Waals surface area contributed by atoms with Gasteiger partial charge in [0.2, 0.25) is 0 Å². The first-order valence-electron chi connectivity index (χ1n) is 7.17. The molecule has 1 saturated heterocycles. The van der Waals surface area contributed by atoms with Gasteiger partial charge in [-0.1, -0.05) is 0 Å². The summed E-state index contributed by atoms with van der Waals surface area (Å²) in [7, 11) is -1.23. The molecule has 0 aliphatic carbocycles. The largest absolute Gasteiger partial charge is 0.383 e. The lowest BCUT2D eigenvalue weighted by Crippen LogP contribution is -2.21. The Morgan fingerprint density at radius 2 is 1.95 bits per heavy atom. The molecule has 1 fully saturated rings. The molecule has 0 amide bonds. The second kappa shape index (κ2) is 6.81. The molecule has 118 valence electrons. The van der Waals surface area contributed by atoms with Crippen molar-refractivity contribution in [1.29, 1.82) is 0 Å². The van der Waals surface area contributed by atoms with Crippen LogP contribution >= 0.6 is 0 Å². The van der Waals surface area contributed by atoms with E-state index in [-0.39, 0.29) is 17.4 Å². The van der Waals surface area contributed by atoms with Crippen molar-refractivity contribution in [2.45, 2.75) is 32.7 Å². The molecular formula is C14H23N3O3S. The van der Waals surface area contributed by atoms with Crippen LogP contribution in [-0.2, 0) is 21.1 Å². The van der Waals surface area contributed by atoms with E-state index in [1.165, 1.54) is 0 Å². The van der Waals surface area contributed by atoms with E-state index in [0.29, 0.717) is 25.4 Å². The van der Waals surface area contributed by atoms with Crippen LogP contribution in [0.5, 0.6) is 0 Å². The van der Waals surface area contributed by atoms with Crippen LogP contribution in [0.15, 0.2) is 0 Å². The molecule has 0 aromatic carbocycles. The molecule has 0 saturated carbocycles. The number of hydrogen-bond donors (Lipinski definition) is 1. The normalized spacial score (nSPS) is 20.8. The topological polar surface area (TPSA) is 81.2 Å². The van der Waals surface area contributed by atoms with Crippen LogP contribution < -0.4 is 5.32 Å². The summed E-state index contributed by atoms with van der Waals surface area (Å²) in [4.78, 5) is 9.07. The van der Waals surface area contributed by atoms with Gasteiger partial charge < -0.3 is 10.1 Å². The Bertz CT molecular complexity index is 578. The van der Waals surface area contributed by atoms with E-state index in [4.69, 9.17) is 4.74 Å². The minimum Gasteiger partial charge on any atom is -0.383 e. The van der Waals surface area contributed by atoms with Crippen molar-refractivity contribution >= 4 is 9.84 Å². The SMILES string of the molecule is COCCNCc1c(C)nc(C2CCS(=O)(=O)C2)nc1C. The first-order valence-corrected chi connectivity index (χ1v) is 8.99. The zero-order valence-corrected chi connectivity index (χ0v) is 13.7. The molecule has 1 aromatic heterocycles. The number of aryl methyl sites for hydroxylation is 2. The van der Waals surface area contributed by atoms with Crippen molar-refractivity contribution in [3.63, 3.8) is 0 Å². The first kappa shape index (κ1) is 16.3. The zero-order chi connectivity index (χ0) is 15.5. The van der Waals surface area contributed by atoms with Crippen LogP contribution in [0.4, 0.5) is 0 Å². The maximum Gasteiger partial charge on any atom is 0.151 e. The number of nitrogens with zero attached hydrogens (tertiary/aromatic N) is 2. The van der Waals surface area contributed by atoms with Gasteiger partial charge >= 0.3 is 0 Å². The maximum atomic E-state index is 11.6. The molecule has 0 radical (unpaired) electrons. The third-order valence-electron chi connectivity index (χ3n) is 3.82. The minimum absolute atomic E-state index is 0.0529. The Labute approximate surface area is 126 Å². The zero-order valence-electron chi connectivity index (χ0n) is 12.8. The Balaban J connectivity index is 2.10. The van der Waals surface area contributed by atoms with E-state index in [9.17, 15) is 8.42 Å². The molecule has 1 aliphatic rings. The van der Waals surface area contributed by atoms with E-state index in [1.54, 1.807) is 7.11 Å². The number of nitrogens with one attached hydrogen (secondary N) is 1. The number of rotatable bonds is 6. The molecule has 1 atom stereocenters. The molecular weight excluding hydrogens is 290 g/mol. The predicted molar refractivity (Wildman–Crippen MR) is 81.1 cm³/mol. The molecule has 2 rings (SSSR count). The van der Waals surface area contributed by atoms with Gasteiger partial charge in [0.1, 0.15) is 5.82 Å². The molecule has 2 heterocycles. The lowest BCUT2D eigenvalue weighted by Gasteiger charge is -2.14. The van der Waals surface area contributed by atoms with E-state index >= 15 is 0 Å². The number of methoxy groups -OCH3 is 1. The molecule has 1 unspecified atom stereocenters. The van der Waals surface area contributed by atoms with E-state index in [0.717, 1.165) is 23.5 Å². The van der Waals surface area contributed by atoms with Crippen LogP contribution in [0.3, 0.4) is 0 Å². The number of ether oxygens (including phenoxy) is 1. The highest BCUT2D eigenvalue weighted by Crippen LogP contribution is 2.27. The summed E-state index contributed by atoms with van der Waals surface area (Å²) in [6, 6.07) is 0. The van der Waals surface area contributed by atoms with Gasteiger partial charge in [-0.15, -0.1) is 0 Å². The van der Waals surface area contributed by atoms with Crippen LogP contribution in [0, 0.1) is 13.8 Å². The lowest BCUT2D eigenvalue weighted by molar-refractivity contribution is 0.199. The van der Waals surface area contributed by atoms with Crippen molar-refractivity contribution < 1.29 is 13.2 Å². The van der Waals surface area contributed by atoms with Gasteiger partial charge in [-0.25, -0.2) is 18.4 Å². The molecule has 7 heteroatoms. The highest BCUT2D eigenvalue weighted by molar-refractivity contribution is 7.91. The first-order chi connectivity index (χ1) is 9.93. The average molecular weight is 313 g/mol. The van der Waals surface area contributed by atoms with Gasteiger partial charge in [0.25, 0.3) is 0 Å². The maximum absolute atomic E-state index is 11.6. The summed E-state index contributed by atoms with van der Waals surface area (Å²) < 4.78 is 28.1. The average Bonchev–Trinajstić information content (AvgIpc) is 2.77. The summed E-state index contributed by atoms with van der Waals surface area (Å²) in [6.07, 6.45) is 0.632. The van der Waals surface area contributed by atoms with Crippen molar-refractivity contribution in [3.8, 4) is 0 Å². The van der Waals surface area contributed by atoms with Crippen molar-refractivity contribution in [2.24, 2.45) is 0 Å². The van der Waals surface area contributed by atoms with Crippen LogP contribution in [0.2, 0.25) is 0 Å². The Morgan fingerprint density at radius 3 is 2.48 bits per heavy atom. The van der Waals surface area contributed by atoms with Gasteiger partial charge in [0, 0.05) is 43.1 Å². The fraction of sp³-hybridized carbons (Fsp3) is 0.714. The fourth-order valence-corrected chi connectivity index (χ4v) is 4.33. The third-order valence-corrected chi connectivity index (χ3v) is 5.59. The Morgan fingerprint density at radius 1 is 1.29 bits per heavy atom. The summed E-state index contributed by atoms with van der Waals surface area (Å²) in [5, 5.41) is 3.29. The van der Waals surface area contributed by atoms with Gasteiger partial charge in [-0.3, -0.25) is 0 Å². The molecule has 1 N–H and O–H groups in total. The minimum atomic E-state index is -2.91. The third kappa shape index (κ3) is 4.21. The fourth-order valence-electron chi connectivity index (χ4n) is 2.59. The number of aromatic nitrogens is 2. The standard InChI is InChI=1S/C14H23N3O3S/c1-10-13(8-15-5-6-20-3)11(2)17-14(16-10)12-4-7-21(18,19)9-12/h12,15H,4-9H2,1-3H3. The van der Waals surface area contributed by atoms with Crippen molar-refractivity contribution in [1.82, 2.24) is 15.3 Å². The van der Waals surface area contributed by atoms with Gasteiger partial charge in [0.05, 0.1) is 18.1 Å². The Kier molecular flexibility index (Phi) is 5.29. The quantitative estimate of drug-likeness (QED) is 0.780. The van der Waals surface area contributed by atoms with Crippen LogP contribution in [-0.4, -0.2) is 50.2 Å². The molecule has 0 bridgehead atoms. The monoisotopic (exact) mass is 313 g/mol. The van der Waals surface area contributed by atoms with Gasteiger partial charge in [-0.05, 0) is 20.3 Å². The molecule has 1 aliphatic heterocycles. The smallest absolute Gasteiger partial charge is 0.151 e. The molecule has 6 nitrogen and oxygen atoms in total. The predicted octanol–water partition coefficient (Wildman–Crippen LogP) is 0.732. The van der Waals surface area contributed by atoms with Gasteiger partial charge in [-0.2, -0.15) is 0 Å². The highest BCUT2D eigenvalue weighted by atomic mass is 32.2. The van der Waals surface area contributed by atoms with Crippen molar-refractivity contribution in [3.05, 3.63) is 22.8 Å². The molecule has 0 spiro atoms.